The maximum atomic E-state index is 13.2. The lowest BCUT2D eigenvalue weighted by molar-refractivity contribution is -0.114. The molecule has 0 unspecified atom stereocenters. The number of ketones is 1. The number of para-hydroxylation sites is 1. The molecule has 0 aliphatic carbocycles. The third-order valence-electron chi connectivity index (χ3n) is 5.33. The van der Waals surface area contributed by atoms with E-state index in [1.807, 2.05) is 42.5 Å². The van der Waals surface area contributed by atoms with E-state index in [1.54, 1.807) is 36.4 Å². The van der Waals surface area contributed by atoms with Gasteiger partial charge in [-0.15, -0.1) is 5.73 Å². The number of H-pyrrole nitrogens is 1. The quantitative estimate of drug-likeness (QED) is 0.293. The van der Waals surface area contributed by atoms with Gasteiger partial charge in [0.15, 0.2) is 5.78 Å². The Morgan fingerprint density at radius 3 is 2.55 bits per heavy atom. The van der Waals surface area contributed by atoms with Gasteiger partial charge in [0.05, 0.1) is 16.5 Å². The van der Waals surface area contributed by atoms with Crippen LogP contribution in [0, 0.1) is 0 Å². The fourth-order valence-electron chi connectivity index (χ4n) is 3.82. The van der Waals surface area contributed by atoms with Gasteiger partial charge in [0.25, 0.3) is 11.5 Å². The molecule has 6 heteroatoms. The summed E-state index contributed by atoms with van der Waals surface area (Å²) in [5.41, 5.74) is 4.03. The number of hydrogen-bond acceptors (Lipinski definition) is 3. The Morgan fingerprint density at radius 2 is 1.73 bits per heavy atom. The molecular weight excluding hydrogens is 436 g/mol. The zero-order valence-corrected chi connectivity index (χ0v) is 17.9. The third-order valence-corrected chi connectivity index (χ3v) is 5.57. The average molecular weight is 451 g/mol. The fraction of sp³-hybridized carbons (Fsp3) is 0. The molecule has 0 spiro atoms. The summed E-state index contributed by atoms with van der Waals surface area (Å²) >= 11 is 6.22. The molecule has 3 aromatic carbocycles. The Hall–Kier alpha value is -4.31. The normalized spacial score (nSPS) is 12.4. The molecule has 33 heavy (non-hydrogen) atoms. The minimum absolute atomic E-state index is 0.0512. The van der Waals surface area contributed by atoms with E-state index < -0.39 is 17.2 Å². The molecule has 2 heterocycles. The molecule has 0 saturated heterocycles. The highest BCUT2D eigenvalue weighted by atomic mass is 35.5. The zero-order chi connectivity index (χ0) is 22.9. The number of rotatable bonds is 3. The van der Waals surface area contributed by atoms with Crippen molar-refractivity contribution in [3.8, 4) is 11.1 Å². The summed E-state index contributed by atoms with van der Waals surface area (Å²) in [7, 11) is 0. The number of nitrogens with zero attached hydrogens (tertiary/aromatic N) is 1. The Labute approximate surface area is 192 Å². The van der Waals surface area contributed by atoms with Gasteiger partial charge in [-0.2, -0.15) is 0 Å². The van der Waals surface area contributed by atoms with E-state index in [0.29, 0.717) is 32.4 Å². The smallest absolute Gasteiger partial charge is 0.285 e. The van der Waals surface area contributed by atoms with Crippen LogP contribution in [0.15, 0.2) is 100.0 Å². The van der Waals surface area contributed by atoms with Crippen LogP contribution in [0.25, 0.3) is 28.1 Å². The molecule has 0 atom stereocenters. The van der Waals surface area contributed by atoms with Crippen molar-refractivity contribution >= 4 is 40.3 Å². The predicted octanol–water partition coefficient (Wildman–Crippen LogP) is 3.75. The number of aromatic nitrogens is 1. The summed E-state index contributed by atoms with van der Waals surface area (Å²) in [6, 6.07) is 21.4. The maximum Gasteiger partial charge on any atom is 0.285 e. The molecule has 158 valence electrons. The van der Waals surface area contributed by atoms with Crippen molar-refractivity contribution in [3.63, 3.8) is 0 Å². The SMILES string of the molecule is O=C1N=c2ccccc2=CC1=C=CC(=O)c1c(-c2ccccc2)c2cc(Cl)ccc2[nH]c1=O. The Balaban J connectivity index is 1.72. The third kappa shape index (κ3) is 3.87. The standard InChI is InChI=1S/C27H15ClN2O3/c28-19-11-12-22-20(15-19)24(16-6-2-1-3-7-16)25(27(33)30-22)23(31)13-10-18-14-17-8-4-5-9-21(17)29-26(18)32/h1-9,11-15H,(H,30,33). The first kappa shape index (κ1) is 20.6. The van der Waals surface area contributed by atoms with E-state index in [2.05, 4.69) is 15.7 Å². The summed E-state index contributed by atoms with van der Waals surface area (Å²) in [6.45, 7) is 0. The number of aromatic amines is 1. The minimum atomic E-state index is -0.579. The molecule has 1 aliphatic heterocycles. The molecule has 4 aromatic rings. The van der Waals surface area contributed by atoms with Gasteiger partial charge >= 0.3 is 0 Å². The minimum Gasteiger partial charge on any atom is -0.321 e. The number of pyridine rings is 1. The molecule has 0 fully saturated rings. The summed E-state index contributed by atoms with van der Waals surface area (Å²) in [6.07, 6.45) is 2.73. The number of nitrogens with one attached hydrogen (secondary N) is 1. The Morgan fingerprint density at radius 1 is 0.970 bits per heavy atom. The predicted molar refractivity (Wildman–Crippen MR) is 128 cm³/mol. The van der Waals surface area contributed by atoms with Crippen LogP contribution in [-0.4, -0.2) is 16.7 Å². The first-order valence-corrected chi connectivity index (χ1v) is 10.5. The lowest BCUT2D eigenvalue weighted by Crippen LogP contribution is -2.29. The lowest BCUT2D eigenvalue weighted by Gasteiger charge is -2.11. The van der Waals surface area contributed by atoms with Gasteiger partial charge in [-0.1, -0.05) is 60.1 Å². The van der Waals surface area contributed by atoms with Gasteiger partial charge in [-0.05, 0) is 35.9 Å². The van der Waals surface area contributed by atoms with Crippen molar-refractivity contribution in [2.24, 2.45) is 4.99 Å². The number of carbonyl (C=O) groups excluding carboxylic acids is 2. The summed E-state index contributed by atoms with van der Waals surface area (Å²) in [5, 5.41) is 2.43. The van der Waals surface area contributed by atoms with E-state index in [4.69, 9.17) is 11.6 Å². The number of hydrogen-bond donors (Lipinski definition) is 1. The molecule has 0 radical (unpaired) electrons. The number of halogens is 1. The van der Waals surface area contributed by atoms with Crippen molar-refractivity contribution in [1.29, 1.82) is 0 Å². The summed E-state index contributed by atoms with van der Waals surface area (Å²) < 4.78 is 0. The van der Waals surface area contributed by atoms with Gasteiger partial charge in [-0.25, -0.2) is 4.99 Å². The van der Waals surface area contributed by atoms with Gasteiger partial charge in [0.1, 0.15) is 0 Å². The van der Waals surface area contributed by atoms with Gasteiger partial charge in [-0.3, -0.25) is 14.4 Å². The largest absolute Gasteiger partial charge is 0.321 e. The molecule has 1 amide bonds. The van der Waals surface area contributed by atoms with E-state index in [0.717, 1.165) is 11.3 Å². The highest BCUT2D eigenvalue weighted by Crippen LogP contribution is 2.31. The van der Waals surface area contributed by atoms with Crippen molar-refractivity contribution in [2.45, 2.75) is 0 Å². The van der Waals surface area contributed by atoms with Gasteiger partial charge in [0.2, 0.25) is 0 Å². The Bertz CT molecular complexity index is 1710. The van der Waals surface area contributed by atoms with E-state index in [9.17, 15) is 14.4 Å². The second-order valence-corrected chi connectivity index (χ2v) is 7.88. The monoisotopic (exact) mass is 450 g/mol. The van der Waals surface area contributed by atoms with Crippen LogP contribution in [0.1, 0.15) is 10.4 Å². The molecule has 5 rings (SSSR count). The Kier molecular flexibility index (Phi) is 5.19. The van der Waals surface area contributed by atoms with Crippen molar-refractivity contribution in [3.05, 3.63) is 122 Å². The molecule has 5 nitrogen and oxygen atoms in total. The first-order valence-electron chi connectivity index (χ1n) is 10.1. The van der Waals surface area contributed by atoms with Crippen LogP contribution in [0.3, 0.4) is 0 Å². The topological polar surface area (TPSA) is 79.4 Å². The van der Waals surface area contributed by atoms with Crippen LogP contribution in [-0.2, 0) is 4.79 Å². The average Bonchev–Trinajstić information content (AvgIpc) is 2.82. The van der Waals surface area contributed by atoms with E-state index in [-0.39, 0.29) is 11.1 Å². The summed E-state index contributed by atoms with van der Waals surface area (Å²) in [4.78, 5) is 45.4. The van der Waals surface area contributed by atoms with Crippen LogP contribution in [0.5, 0.6) is 0 Å². The van der Waals surface area contributed by atoms with Crippen LogP contribution in [0.4, 0.5) is 0 Å². The molecular formula is C27H15ClN2O3. The van der Waals surface area contributed by atoms with Crippen molar-refractivity contribution in [2.75, 3.05) is 0 Å². The first-order chi connectivity index (χ1) is 16.0. The van der Waals surface area contributed by atoms with Crippen LogP contribution in [0.2, 0.25) is 5.02 Å². The highest BCUT2D eigenvalue weighted by Gasteiger charge is 2.20. The van der Waals surface area contributed by atoms with E-state index in [1.165, 1.54) is 0 Å². The van der Waals surface area contributed by atoms with E-state index >= 15 is 0 Å². The number of carbonyl (C=O) groups is 2. The maximum absolute atomic E-state index is 13.2. The molecule has 0 saturated carbocycles. The number of amides is 1. The van der Waals surface area contributed by atoms with Crippen LogP contribution >= 0.6 is 11.6 Å². The summed E-state index contributed by atoms with van der Waals surface area (Å²) in [5.74, 6) is -1.08. The molecule has 1 aromatic heterocycles. The van der Waals surface area contributed by atoms with Gasteiger partial charge < -0.3 is 4.98 Å². The second kappa shape index (κ2) is 8.32. The van der Waals surface area contributed by atoms with Gasteiger partial charge in [0, 0.05) is 32.8 Å². The van der Waals surface area contributed by atoms with Crippen molar-refractivity contribution in [1.82, 2.24) is 4.98 Å². The number of benzene rings is 3. The molecule has 1 aliphatic rings. The second-order valence-electron chi connectivity index (χ2n) is 7.45. The van der Waals surface area contributed by atoms with Crippen LogP contribution < -0.4 is 16.1 Å². The lowest BCUT2D eigenvalue weighted by atomic mass is 9.94. The van der Waals surface area contributed by atoms with Crippen molar-refractivity contribution < 1.29 is 9.59 Å². The molecule has 1 N–H and O–H groups in total. The fourth-order valence-corrected chi connectivity index (χ4v) is 3.99. The highest BCUT2D eigenvalue weighted by molar-refractivity contribution is 6.31. The zero-order valence-electron chi connectivity index (χ0n) is 17.1. The number of fused-ring (bicyclic) bond motifs is 2. The molecule has 0 bridgehead atoms.